The van der Waals surface area contributed by atoms with E-state index in [0.29, 0.717) is 30.6 Å². The van der Waals surface area contributed by atoms with Crippen molar-refractivity contribution in [1.29, 1.82) is 0 Å². The molecular formula is C17H21ClN4O. The van der Waals surface area contributed by atoms with Crippen LogP contribution in [0.2, 0.25) is 5.02 Å². The average molecular weight is 333 g/mol. The van der Waals surface area contributed by atoms with E-state index in [0.717, 1.165) is 5.96 Å². The van der Waals surface area contributed by atoms with Crippen LogP contribution in [0.25, 0.3) is 0 Å². The van der Waals surface area contributed by atoms with Crippen LogP contribution in [-0.2, 0) is 6.54 Å². The zero-order valence-electron chi connectivity index (χ0n) is 13.4. The van der Waals surface area contributed by atoms with Gasteiger partial charge >= 0.3 is 0 Å². The fourth-order valence-electron chi connectivity index (χ4n) is 1.89. The molecule has 1 aromatic heterocycles. The number of aromatic nitrogens is 1. The number of ether oxygens (including phenoxy) is 1. The lowest BCUT2D eigenvalue weighted by molar-refractivity contribution is 0.308. The summed E-state index contributed by atoms with van der Waals surface area (Å²) in [6, 6.07) is 13.7. The van der Waals surface area contributed by atoms with E-state index in [2.05, 4.69) is 27.4 Å². The number of benzene rings is 1. The normalized spacial score (nSPS) is 11.2. The predicted octanol–water partition coefficient (Wildman–Crippen LogP) is 2.82. The number of nitrogens with one attached hydrogen (secondary N) is 1. The summed E-state index contributed by atoms with van der Waals surface area (Å²) in [6.07, 6.45) is 1.65. The number of rotatable bonds is 6. The van der Waals surface area contributed by atoms with Gasteiger partial charge in [-0.15, -0.1) is 0 Å². The zero-order chi connectivity index (χ0) is 16.5. The summed E-state index contributed by atoms with van der Waals surface area (Å²) in [5.41, 5.74) is 1.17. The Balaban J connectivity index is 1.82. The molecule has 0 spiro atoms. The molecule has 122 valence electrons. The lowest BCUT2D eigenvalue weighted by atomic mass is 10.2. The number of aliphatic imine (C=N–C) groups is 1. The summed E-state index contributed by atoms with van der Waals surface area (Å²) >= 11 is 5.99. The minimum absolute atomic E-state index is 0.448. The fourth-order valence-corrected chi connectivity index (χ4v) is 2.07. The summed E-state index contributed by atoms with van der Waals surface area (Å²) in [4.78, 5) is 10.6. The van der Waals surface area contributed by atoms with Crippen molar-refractivity contribution >= 4 is 17.6 Å². The molecule has 0 saturated heterocycles. The SMILES string of the molecule is CN(C)C(=NCc1ccccc1)NCCOc1ncccc1Cl. The third-order valence-corrected chi connectivity index (χ3v) is 3.31. The van der Waals surface area contributed by atoms with Gasteiger partial charge in [-0.2, -0.15) is 0 Å². The number of halogens is 1. The van der Waals surface area contributed by atoms with Crippen LogP contribution < -0.4 is 10.1 Å². The summed E-state index contributed by atoms with van der Waals surface area (Å²) in [7, 11) is 3.90. The summed E-state index contributed by atoms with van der Waals surface area (Å²) in [5.74, 6) is 1.26. The van der Waals surface area contributed by atoms with Gasteiger partial charge in [0.05, 0.1) is 13.1 Å². The first-order valence-corrected chi connectivity index (χ1v) is 7.77. The van der Waals surface area contributed by atoms with Gasteiger partial charge in [-0.1, -0.05) is 41.9 Å². The van der Waals surface area contributed by atoms with Crippen LogP contribution in [0.15, 0.2) is 53.7 Å². The molecule has 0 saturated carbocycles. The van der Waals surface area contributed by atoms with Gasteiger partial charge in [0.2, 0.25) is 5.88 Å². The van der Waals surface area contributed by atoms with Crippen LogP contribution in [0.5, 0.6) is 5.88 Å². The molecule has 23 heavy (non-hydrogen) atoms. The van der Waals surface area contributed by atoms with Gasteiger partial charge < -0.3 is 15.0 Å². The lowest BCUT2D eigenvalue weighted by Crippen LogP contribution is -2.38. The monoisotopic (exact) mass is 332 g/mol. The first kappa shape index (κ1) is 17.1. The van der Waals surface area contributed by atoms with E-state index in [9.17, 15) is 0 Å². The molecule has 0 atom stereocenters. The Hall–Kier alpha value is -2.27. The number of hydrogen-bond donors (Lipinski definition) is 1. The molecule has 0 aliphatic heterocycles. The Kier molecular flexibility index (Phi) is 6.69. The molecule has 0 unspecified atom stereocenters. The van der Waals surface area contributed by atoms with Crippen LogP contribution in [0.4, 0.5) is 0 Å². The molecule has 1 aromatic carbocycles. The summed E-state index contributed by atoms with van der Waals surface area (Å²) in [5, 5.41) is 3.77. The van der Waals surface area contributed by atoms with E-state index in [1.165, 1.54) is 5.56 Å². The maximum Gasteiger partial charge on any atom is 0.232 e. The van der Waals surface area contributed by atoms with E-state index < -0.39 is 0 Å². The molecule has 6 heteroatoms. The van der Waals surface area contributed by atoms with Gasteiger partial charge in [-0.25, -0.2) is 9.98 Å². The Bertz CT molecular complexity index is 632. The van der Waals surface area contributed by atoms with E-state index in [1.807, 2.05) is 37.2 Å². The second-order valence-electron chi connectivity index (χ2n) is 5.09. The maximum absolute atomic E-state index is 5.99. The highest BCUT2D eigenvalue weighted by atomic mass is 35.5. The van der Waals surface area contributed by atoms with Crippen LogP contribution in [0.1, 0.15) is 5.56 Å². The van der Waals surface area contributed by atoms with Gasteiger partial charge in [0.15, 0.2) is 5.96 Å². The Labute approximate surface area is 142 Å². The van der Waals surface area contributed by atoms with E-state index in [-0.39, 0.29) is 0 Å². The van der Waals surface area contributed by atoms with Crippen molar-refractivity contribution in [2.45, 2.75) is 6.54 Å². The van der Waals surface area contributed by atoms with Crippen LogP contribution in [-0.4, -0.2) is 43.1 Å². The number of nitrogens with zero attached hydrogens (tertiary/aromatic N) is 3. The molecule has 1 heterocycles. The first-order chi connectivity index (χ1) is 11.2. The second kappa shape index (κ2) is 9.00. The predicted molar refractivity (Wildman–Crippen MR) is 94.0 cm³/mol. The first-order valence-electron chi connectivity index (χ1n) is 7.39. The van der Waals surface area contributed by atoms with Crippen molar-refractivity contribution in [3.8, 4) is 5.88 Å². The van der Waals surface area contributed by atoms with Gasteiger partial charge in [0.25, 0.3) is 0 Å². The molecule has 0 bridgehead atoms. The Morgan fingerprint density at radius 1 is 1.22 bits per heavy atom. The van der Waals surface area contributed by atoms with Crippen molar-refractivity contribution in [2.24, 2.45) is 4.99 Å². The molecule has 0 radical (unpaired) electrons. The van der Waals surface area contributed by atoms with E-state index in [4.69, 9.17) is 16.3 Å². The van der Waals surface area contributed by atoms with Crippen molar-refractivity contribution in [1.82, 2.24) is 15.2 Å². The summed E-state index contributed by atoms with van der Waals surface area (Å²) < 4.78 is 5.55. The fraction of sp³-hybridized carbons (Fsp3) is 0.294. The Morgan fingerprint density at radius 3 is 2.70 bits per heavy atom. The highest BCUT2D eigenvalue weighted by molar-refractivity contribution is 6.31. The van der Waals surface area contributed by atoms with Crippen molar-refractivity contribution in [2.75, 3.05) is 27.2 Å². The zero-order valence-corrected chi connectivity index (χ0v) is 14.1. The van der Waals surface area contributed by atoms with Crippen molar-refractivity contribution in [3.05, 3.63) is 59.2 Å². The van der Waals surface area contributed by atoms with Crippen molar-refractivity contribution in [3.63, 3.8) is 0 Å². The molecule has 0 fully saturated rings. The van der Waals surface area contributed by atoms with Crippen LogP contribution >= 0.6 is 11.6 Å². The standard InChI is InChI=1S/C17H21ClN4O/c1-22(2)17(21-13-14-7-4-3-5-8-14)20-11-12-23-16-15(18)9-6-10-19-16/h3-10H,11-13H2,1-2H3,(H,20,21). The molecular weight excluding hydrogens is 312 g/mol. The molecule has 0 aliphatic rings. The van der Waals surface area contributed by atoms with Crippen molar-refractivity contribution < 1.29 is 4.74 Å². The number of pyridine rings is 1. The smallest absolute Gasteiger partial charge is 0.232 e. The Morgan fingerprint density at radius 2 is 2.00 bits per heavy atom. The second-order valence-corrected chi connectivity index (χ2v) is 5.49. The molecule has 2 rings (SSSR count). The third-order valence-electron chi connectivity index (χ3n) is 3.03. The van der Waals surface area contributed by atoms with Crippen LogP contribution in [0.3, 0.4) is 0 Å². The molecule has 0 amide bonds. The van der Waals surface area contributed by atoms with E-state index >= 15 is 0 Å². The molecule has 5 nitrogen and oxygen atoms in total. The minimum Gasteiger partial charge on any atom is -0.475 e. The number of hydrogen-bond acceptors (Lipinski definition) is 3. The minimum atomic E-state index is 0.448. The maximum atomic E-state index is 5.99. The van der Waals surface area contributed by atoms with Gasteiger partial charge in [0, 0.05) is 20.3 Å². The quantitative estimate of drug-likeness (QED) is 0.502. The summed E-state index contributed by atoms with van der Waals surface area (Å²) in [6.45, 7) is 1.70. The topological polar surface area (TPSA) is 49.8 Å². The third kappa shape index (κ3) is 5.79. The lowest BCUT2D eigenvalue weighted by Gasteiger charge is -2.17. The van der Waals surface area contributed by atoms with Crippen LogP contribution in [0, 0.1) is 0 Å². The van der Waals surface area contributed by atoms with Gasteiger partial charge in [-0.3, -0.25) is 0 Å². The molecule has 2 aromatic rings. The van der Waals surface area contributed by atoms with Gasteiger partial charge in [0.1, 0.15) is 11.6 Å². The van der Waals surface area contributed by atoms with Gasteiger partial charge in [-0.05, 0) is 17.7 Å². The highest BCUT2D eigenvalue weighted by Crippen LogP contribution is 2.19. The average Bonchev–Trinajstić information content (AvgIpc) is 2.56. The number of guanidine groups is 1. The molecule has 0 aliphatic carbocycles. The molecule has 1 N–H and O–H groups in total. The highest BCUT2D eigenvalue weighted by Gasteiger charge is 2.03. The largest absolute Gasteiger partial charge is 0.475 e. The van der Waals surface area contributed by atoms with E-state index in [1.54, 1.807) is 18.3 Å².